The van der Waals surface area contributed by atoms with Gasteiger partial charge in [-0.2, -0.15) is 5.10 Å². The van der Waals surface area contributed by atoms with Gasteiger partial charge in [0, 0.05) is 23.5 Å². The lowest BCUT2D eigenvalue weighted by Gasteiger charge is -2.05. The fourth-order valence-electron chi connectivity index (χ4n) is 1.75. The number of hydrazone groups is 1. The summed E-state index contributed by atoms with van der Waals surface area (Å²) in [6, 6.07) is 11.1. The van der Waals surface area contributed by atoms with Crippen molar-refractivity contribution in [2.24, 2.45) is 5.10 Å². The van der Waals surface area contributed by atoms with Crippen LogP contribution in [0.3, 0.4) is 0 Å². The minimum Gasteiger partial charge on any atom is -0.267 e. The zero-order chi connectivity index (χ0) is 14.2. The maximum absolute atomic E-state index is 12.1. The van der Waals surface area contributed by atoms with Crippen LogP contribution in [0, 0.1) is 0 Å². The summed E-state index contributed by atoms with van der Waals surface area (Å²) >= 11 is 0. The smallest absolute Gasteiger partial charge is 0.267 e. The molecule has 1 amide bonds. The molecule has 1 aromatic carbocycles. The first-order chi connectivity index (χ1) is 9.81. The van der Waals surface area contributed by atoms with E-state index in [9.17, 15) is 4.79 Å². The number of aromatic nitrogens is 1. The minimum atomic E-state index is -0.234. The Hall–Kier alpha value is -2.75. The summed E-state index contributed by atoms with van der Waals surface area (Å²) in [6.45, 7) is 3.69. The van der Waals surface area contributed by atoms with Gasteiger partial charge in [0.25, 0.3) is 5.91 Å². The summed E-state index contributed by atoms with van der Waals surface area (Å²) < 4.78 is 0. The number of carbonyl (C=O) groups is 1. The van der Waals surface area contributed by atoms with Crippen LogP contribution in [-0.4, -0.2) is 17.1 Å². The molecule has 0 fully saturated rings. The molecule has 20 heavy (non-hydrogen) atoms. The molecule has 0 unspecified atom stereocenters. The van der Waals surface area contributed by atoms with E-state index in [4.69, 9.17) is 0 Å². The van der Waals surface area contributed by atoms with Crippen molar-refractivity contribution in [1.82, 2.24) is 10.4 Å². The van der Waals surface area contributed by atoms with Crippen molar-refractivity contribution in [2.75, 3.05) is 0 Å². The van der Waals surface area contributed by atoms with Crippen LogP contribution < -0.4 is 5.43 Å². The number of amides is 1. The van der Waals surface area contributed by atoms with Crippen LogP contribution in [0.5, 0.6) is 0 Å². The van der Waals surface area contributed by atoms with Crippen LogP contribution in [0.4, 0.5) is 0 Å². The van der Waals surface area contributed by atoms with Crippen molar-refractivity contribution in [2.45, 2.75) is 6.42 Å². The van der Waals surface area contributed by atoms with E-state index in [1.54, 1.807) is 30.8 Å². The molecule has 0 spiro atoms. The van der Waals surface area contributed by atoms with E-state index in [2.05, 4.69) is 22.1 Å². The molecule has 2 aromatic rings. The number of rotatable bonds is 5. The number of hydrogen-bond acceptors (Lipinski definition) is 3. The molecule has 0 saturated carbocycles. The molecule has 0 atom stereocenters. The second-order valence-corrected chi connectivity index (χ2v) is 4.14. The molecule has 1 heterocycles. The lowest BCUT2D eigenvalue weighted by Crippen LogP contribution is -2.19. The average molecular weight is 265 g/mol. The van der Waals surface area contributed by atoms with Gasteiger partial charge in [-0.05, 0) is 24.1 Å². The van der Waals surface area contributed by atoms with Gasteiger partial charge in [-0.25, -0.2) is 5.43 Å². The normalized spacial score (nSPS) is 10.4. The van der Waals surface area contributed by atoms with Gasteiger partial charge >= 0.3 is 0 Å². The van der Waals surface area contributed by atoms with Gasteiger partial charge in [-0.1, -0.05) is 30.3 Å². The van der Waals surface area contributed by atoms with Crippen LogP contribution in [-0.2, 0) is 6.42 Å². The summed E-state index contributed by atoms with van der Waals surface area (Å²) in [7, 11) is 0. The fraction of sp³-hybridized carbons (Fsp3) is 0.0625. The molecule has 1 aromatic heterocycles. The summed E-state index contributed by atoms with van der Waals surface area (Å²) in [5, 5.41) is 3.93. The Morgan fingerprint density at radius 1 is 1.30 bits per heavy atom. The van der Waals surface area contributed by atoms with Crippen molar-refractivity contribution >= 4 is 12.1 Å². The SMILES string of the molecule is C=CCc1ccccc1C(=O)NN=Cc1cccnc1. The standard InChI is InChI=1S/C16H15N3O/c1-2-6-14-8-3-4-9-15(14)16(20)19-18-12-13-7-5-10-17-11-13/h2-5,7-12H,1,6H2,(H,19,20). The van der Waals surface area contributed by atoms with E-state index >= 15 is 0 Å². The number of hydrogen-bond donors (Lipinski definition) is 1. The zero-order valence-corrected chi connectivity index (χ0v) is 11.0. The molecule has 0 radical (unpaired) electrons. The van der Waals surface area contributed by atoms with Crippen LogP contribution in [0.2, 0.25) is 0 Å². The van der Waals surface area contributed by atoms with Gasteiger partial charge in [-0.3, -0.25) is 9.78 Å². The Morgan fingerprint density at radius 2 is 2.15 bits per heavy atom. The van der Waals surface area contributed by atoms with Crippen molar-refractivity contribution in [3.8, 4) is 0 Å². The minimum absolute atomic E-state index is 0.234. The summed E-state index contributed by atoms with van der Waals surface area (Å²) in [4.78, 5) is 16.0. The highest BCUT2D eigenvalue weighted by molar-refractivity contribution is 5.96. The van der Waals surface area contributed by atoms with Crippen molar-refractivity contribution in [3.05, 3.63) is 78.1 Å². The second kappa shape index (κ2) is 6.99. The predicted molar refractivity (Wildman–Crippen MR) is 79.6 cm³/mol. The molecule has 0 aliphatic carbocycles. The second-order valence-electron chi connectivity index (χ2n) is 4.14. The van der Waals surface area contributed by atoms with Crippen molar-refractivity contribution < 1.29 is 4.79 Å². The largest absolute Gasteiger partial charge is 0.271 e. The van der Waals surface area contributed by atoms with Crippen LogP contribution in [0.15, 0.2) is 66.5 Å². The topological polar surface area (TPSA) is 54.4 Å². The lowest BCUT2D eigenvalue weighted by molar-refractivity contribution is 0.0954. The fourth-order valence-corrected chi connectivity index (χ4v) is 1.75. The number of allylic oxidation sites excluding steroid dienone is 1. The Bertz CT molecular complexity index is 621. The van der Waals surface area contributed by atoms with Gasteiger partial charge < -0.3 is 0 Å². The number of carbonyl (C=O) groups excluding carboxylic acids is 1. The van der Waals surface area contributed by atoms with E-state index in [0.717, 1.165) is 11.1 Å². The van der Waals surface area contributed by atoms with Crippen molar-refractivity contribution in [1.29, 1.82) is 0 Å². The van der Waals surface area contributed by atoms with E-state index < -0.39 is 0 Å². The molecule has 100 valence electrons. The van der Waals surface area contributed by atoms with E-state index in [0.29, 0.717) is 12.0 Å². The molecule has 0 bridgehead atoms. The van der Waals surface area contributed by atoms with Crippen LogP contribution in [0.1, 0.15) is 21.5 Å². The Balaban J connectivity index is 2.05. The molecule has 0 aliphatic heterocycles. The maximum Gasteiger partial charge on any atom is 0.271 e. The summed E-state index contributed by atoms with van der Waals surface area (Å²) in [5.74, 6) is -0.234. The molecular weight excluding hydrogens is 250 g/mol. The molecule has 4 heteroatoms. The highest BCUT2D eigenvalue weighted by Crippen LogP contribution is 2.09. The number of nitrogens with zero attached hydrogens (tertiary/aromatic N) is 2. The molecular formula is C16H15N3O. The average Bonchev–Trinajstić information content (AvgIpc) is 2.49. The maximum atomic E-state index is 12.1. The van der Waals surface area contributed by atoms with Crippen molar-refractivity contribution in [3.63, 3.8) is 0 Å². The summed E-state index contributed by atoms with van der Waals surface area (Å²) in [6.07, 6.45) is 7.32. The highest BCUT2D eigenvalue weighted by atomic mass is 16.2. The molecule has 4 nitrogen and oxygen atoms in total. The Morgan fingerprint density at radius 3 is 2.90 bits per heavy atom. The first-order valence-electron chi connectivity index (χ1n) is 6.23. The van der Waals surface area contributed by atoms with Gasteiger partial charge in [0.1, 0.15) is 0 Å². The van der Waals surface area contributed by atoms with E-state index in [1.807, 2.05) is 30.3 Å². The predicted octanol–water partition coefficient (Wildman–Crippen LogP) is 2.57. The van der Waals surface area contributed by atoms with Gasteiger partial charge in [-0.15, -0.1) is 6.58 Å². The zero-order valence-electron chi connectivity index (χ0n) is 11.0. The Labute approximate surface area is 117 Å². The molecule has 0 saturated heterocycles. The van der Waals surface area contributed by atoms with Gasteiger partial charge in [0.2, 0.25) is 0 Å². The Kier molecular flexibility index (Phi) is 4.78. The summed E-state index contributed by atoms with van der Waals surface area (Å²) in [5.41, 5.74) is 4.88. The van der Waals surface area contributed by atoms with Crippen LogP contribution in [0.25, 0.3) is 0 Å². The monoisotopic (exact) mass is 265 g/mol. The molecule has 1 N–H and O–H groups in total. The third-order valence-corrected chi connectivity index (χ3v) is 2.69. The van der Waals surface area contributed by atoms with E-state index in [1.165, 1.54) is 0 Å². The number of pyridine rings is 1. The van der Waals surface area contributed by atoms with Crippen LogP contribution >= 0.6 is 0 Å². The first-order valence-corrected chi connectivity index (χ1v) is 6.23. The number of nitrogens with one attached hydrogen (secondary N) is 1. The molecule has 0 aliphatic rings. The third kappa shape index (κ3) is 3.62. The molecule has 2 rings (SSSR count). The quantitative estimate of drug-likeness (QED) is 0.513. The van der Waals surface area contributed by atoms with Gasteiger partial charge in [0.05, 0.1) is 6.21 Å². The third-order valence-electron chi connectivity index (χ3n) is 2.69. The lowest BCUT2D eigenvalue weighted by atomic mass is 10.0. The van der Waals surface area contributed by atoms with Gasteiger partial charge in [0.15, 0.2) is 0 Å². The van der Waals surface area contributed by atoms with E-state index in [-0.39, 0.29) is 5.91 Å². The highest BCUT2D eigenvalue weighted by Gasteiger charge is 2.08. The first kappa shape index (κ1) is 13.7. The number of benzene rings is 1.